The number of rotatable bonds is 0. The van der Waals surface area contributed by atoms with E-state index in [2.05, 4.69) is 25.9 Å². The Balaban J connectivity index is 2.48. The molecular formula is C9H9BrN2O. The molecule has 1 aromatic rings. The Kier molecular flexibility index (Phi) is 2.42. The van der Waals surface area contributed by atoms with Crippen LogP contribution in [0.3, 0.4) is 0 Å². The molecule has 2 rings (SSSR count). The van der Waals surface area contributed by atoms with Crippen LogP contribution < -0.4 is 0 Å². The maximum atomic E-state index is 5.40. The SMILES string of the molecule is CC1=Nc2ncc(Br)cc2COC1. The van der Waals surface area contributed by atoms with Crippen LogP contribution in [0.2, 0.25) is 0 Å². The van der Waals surface area contributed by atoms with Crippen LogP contribution in [0, 0.1) is 0 Å². The van der Waals surface area contributed by atoms with E-state index in [0.717, 1.165) is 21.6 Å². The summed E-state index contributed by atoms with van der Waals surface area (Å²) in [6.07, 6.45) is 1.75. The number of nitrogens with zero attached hydrogens (tertiary/aromatic N) is 2. The quantitative estimate of drug-likeness (QED) is 0.699. The van der Waals surface area contributed by atoms with Gasteiger partial charge >= 0.3 is 0 Å². The summed E-state index contributed by atoms with van der Waals surface area (Å²) in [6.45, 7) is 3.12. The third-order valence-corrected chi connectivity index (χ3v) is 2.21. The van der Waals surface area contributed by atoms with Gasteiger partial charge in [0, 0.05) is 21.9 Å². The van der Waals surface area contributed by atoms with Crippen molar-refractivity contribution in [3.05, 3.63) is 22.3 Å². The molecule has 0 amide bonds. The molecule has 1 aliphatic heterocycles. The molecule has 4 heteroatoms. The largest absolute Gasteiger partial charge is 0.371 e. The Bertz CT molecular complexity index is 363. The maximum absolute atomic E-state index is 5.40. The number of aliphatic imine (C=N–C) groups is 1. The average molecular weight is 241 g/mol. The molecule has 0 N–H and O–H groups in total. The summed E-state index contributed by atoms with van der Waals surface area (Å²) in [7, 11) is 0. The second kappa shape index (κ2) is 3.55. The standard InChI is InChI=1S/C9H9BrN2O/c1-6-4-13-5-7-2-8(10)3-11-9(7)12-6/h2-3H,4-5H2,1H3. The predicted molar refractivity (Wildman–Crippen MR) is 54.4 cm³/mol. The van der Waals surface area contributed by atoms with Gasteiger partial charge in [0.2, 0.25) is 0 Å². The van der Waals surface area contributed by atoms with Crippen LogP contribution in [0.1, 0.15) is 12.5 Å². The van der Waals surface area contributed by atoms with Crippen molar-refractivity contribution in [3.8, 4) is 0 Å². The maximum Gasteiger partial charge on any atom is 0.157 e. The highest BCUT2D eigenvalue weighted by Crippen LogP contribution is 2.23. The van der Waals surface area contributed by atoms with Crippen molar-refractivity contribution in [3.63, 3.8) is 0 Å². The van der Waals surface area contributed by atoms with Gasteiger partial charge in [-0.1, -0.05) is 0 Å². The number of halogens is 1. The molecule has 68 valence electrons. The third kappa shape index (κ3) is 1.95. The molecule has 0 aromatic carbocycles. The summed E-state index contributed by atoms with van der Waals surface area (Å²) >= 11 is 3.36. The van der Waals surface area contributed by atoms with Crippen molar-refractivity contribution in [2.45, 2.75) is 13.5 Å². The van der Waals surface area contributed by atoms with E-state index in [-0.39, 0.29) is 0 Å². The lowest BCUT2D eigenvalue weighted by Gasteiger charge is -2.01. The van der Waals surface area contributed by atoms with E-state index in [0.29, 0.717) is 13.2 Å². The zero-order valence-corrected chi connectivity index (χ0v) is 8.84. The lowest BCUT2D eigenvalue weighted by atomic mass is 10.3. The topological polar surface area (TPSA) is 34.5 Å². The van der Waals surface area contributed by atoms with Crippen LogP contribution in [0.5, 0.6) is 0 Å². The Morgan fingerprint density at radius 3 is 3.15 bits per heavy atom. The number of fused-ring (bicyclic) bond motifs is 1. The minimum atomic E-state index is 0.586. The van der Waals surface area contributed by atoms with Gasteiger partial charge in [0.1, 0.15) is 0 Å². The molecular weight excluding hydrogens is 232 g/mol. The molecule has 0 saturated carbocycles. The smallest absolute Gasteiger partial charge is 0.157 e. The molecule has 0 radical (unpaired) electrons. The normalized spacial score (nSPS) is 16.0. The summed E-state index contributed by atoms with van der Waals surface area (Å²) in [5, 5.41) is 0. The van der Waals surface area contributed by atoms with Gasteiger partial charge in [0.05, 0.1) is 13.2 Å². The van der Waals surface area contributed by atoms with Gasteiger partial charge in [-0.15, -0.1) is 0 Å². The van der Waals surface area contributed by atoms with Crippen LogP contribution >= 0.6 is 15.9 Å². The Morgan fingerprint density at radius 2 is 2.31 bits per heavy atom. The van der Waals surface area contributed by atoms with Crippen LogP contribution in [0.25, 0.3) is 0 Å². The van der Waals surface area contributed by atoms with Crippen molar-refractivity contribution in [1.82, 2.24) is 4.98 Å². The molecule has 2 heterocycles. The molecule has 0 unspecified atom stereocenters. The monoisotopic (exact) mass is 240 g/mol. The Labute approximate surface area is 85.0 Å². The van der Waals surface area contributed by atoms with Crippen molar-refractivity contribution in [2.24, 2.45) is 4.99 Å². The van der Waals surface area contributed by atoms with Gasteiger partial charge in [-0.25, -0.2) is 9.98 Å². The first-order valence-corrected chi connectivity index (χ1v) is 4.81. The lowest BCUT2D eigenvalue weighted by Crippen LogP contribution is -2.00. The van der Waals surface area contributed by atoms with Crippen LogP contribution in [0.15, 0.2) is 21.7 Å². The zero-order chi connectivity index (χ0) is 9.26. The third-order valence-electron chi connectivity index (χ3n) is 1.77. The van der Waals surface area contributed by atoms with Crippen LogP contribution in [-0.4, -0.2) is 17.3 Å². The fourth-order valence-electron chi connectivity index (χ4n) is 1.20. The van der Waals surface area contributed by atoms with E-state index in [1.54, 1.807) is 6.20 Å². The summed E-state index contributed by atoms with van der Waals surface area (Å²) in [5.74, 6) is 0.776. The molecule has 1 aliphatic rings. The van der Waals surface area contributed by atoms with E-state index in [9.17, 15) is 0 Å². The summed E-state index contributed by atoms with van der Waals surface area (Å²) in [5.41, 5.74) is 2.00. The van der Waals surface area contributed by atoms with E-state index in [1.165, 1.54) is 0 Å². The highest BCUT2D eigenvalue weighted by atomic mass is 79.9. The van der Waals surface area contributed by atoms with Crippen molar-refractivity contribution < 1.29 is 4.74 Å². The minimum absolute atomic E-state index is 0.586. The summed E-state index contributed by atoms with van der Waals surface area (Å²) in [4.78, 5) is 8.56. The minimum Gasteiger partial charge on any atom is -0.371 e. The van der Waals surface area contributed by atoms with Crippen molar-refractivity contribution >= 4 is 27.5 Å². The first kappa shape index (κ1) is 8.84. The molecule has 0 spiro atoms. The zero-order valence-electron chi connectivity index (χ0n) is 7.25. The molecule has 1 aromatic heterocycles. The predicted octanol–water partition coefficient (Wildman–Crippen LogP) is 2.47. The number of hydrogen-bond acceptors (Lipinski definition) is 3. The van der Waals surface area contributed by atoms with Gasteiger partial charge in [0.15, 0.2) is 5.82 Å². The van der Waals surface area contributed by atoms with Gasteiger partial charge in [0.25, 0.3) is 0 Å². The van der Waals surface area contributed by atoms with Crippen molar-refractivity contribution in [2.75, 3.05) is 6.61 Å². The molecule has 13 heavy (non-hydrogen) atoms. The molecule has 0 atom stereocenters. The summed E-state index contributed by atoms with van der Waals surface area (Å²) < 4.78 is 6.36. The number of ether oxygens (including phenoxy) is 1. The van der Waals surface area contributed by atoms with Gasteiger partial charge in [-0.05, 0) is 28.9 Å². The molecule has 0 aliphatic carbocycles. The fraction of sp³-hybridized carbons (Fsp3) is 0.333. The Morgan fingerprint density at radius 1 is 1.46 bits per heavy atom. The van der Waals surface area contributed by atoms with Crippen LogP contribution in [0.4, 0.5) is 5.82 Å². The molecule has 0 bridgehead atoms. The molecule has 0 fully saturated rings. The van der Waals surface area contributed by atoms with Gasteiger partial charge in [-0.2, -0.15) is 0 Å². The fourth-order valence-corrected chi connectivity index (χ4v) is 1.58. The molecule has 0 saturated heterocycles. The van der Waals surface area contributed by atoms with Crippen molar-refractivity contribution in [1.29, 1.82) is 0 Å². The lowest BCUT2D eigenvalue weighted by molar-refractivity contribution is 0.160. The molecule has 3 nitrogen and oxygen atoms in total. The van der Waals surface area contributed by atoms with E-state index < -0.39 is 0 Å². The van der Waals surface area contributed by atoms with Gasteiger partial charge < -0.3 is 4.74 Å². The first-order chi connectivity index (χ1) is 6.25. The Hall–Kier alpha value is -0.740. The number of aromatic nitrogens is 1. The highest BCUT2D eigenvalue weighted by Gasteiger charge is 2.08. The van der Waals surface area contributed by atoms with E-state index in [4.69, 9.17) is 4.74 Å². The average Bonchev–Trinajstić information content (AvgIpc) is 2.25. The number of hydrogen-bond donors (Lipinski definition) is 0. The summed E-state index contributed by atoms with van der Waals surface area (Å²) in [6, 6.07) is 1.99. The highest BCUT2D eigenvalue weighted by molar-refractivity contribution is 9.10. The van der Waals surface area contributed by atoms with Crippen LogP contribution in [-0.2, 0) is 11.3 Å². The first-order valence-electron chi connectivity index (χ1n) is 4.02. The van der Waals surface area contributed by atoms with Gasteiger partial charge in [-0.3, -0.25) is 0 Å². The van der Waals surface area contributed by atoms with E-state index in [1.807, 2.05) is 13.0 Å². The second-order valence-electron chi connectivity index (χ2n) is 2.98. The second-order valence-corrected chi connectivity index (χ2v) is 3.89. The number of pyridine rings is 1. The van der Waals surface area contributed by atoms with E-state index >= 15 is 0 Å².